The SMILES string of the molecule is Cc1sc2ncnc(N3CCC(C(=O)NCC(c4cccs4)N(C)C)CC3)c2c1C. The molecule has 160 valence electrons. The van der Waals surface area contributed by atoms with Crippen LogP contribution in [0.25, 0.3) is 10.2 Å². The van der Waals surface area contributed by atoms with Crippen molar-refractivity contribution < 1.29 is 4.79 Å². The number of carbonyl (C=O) groups is 1. The Morgan fingerprint density at radius 2 is 2.07 bits per heavy atom. The highest BCUT2D eigenvalue weighted by Crippen LogP contribution is 2.35. The van der Waals surface area contributed by atoms with Crippen molar-refractivity contribution in [1.82, 2.24) is 20.2 Å². The van der Waals surface area contributed by atoms with Crippen LogP contribution in [0, 0.1) is 19.8 Å². The lowest BCUT2D eigenvalue weighted by atomic mass is 9.95. The third-order valence-corrected chi connectivity index (χ3v) is 8.16. The van der Waals surface area contributed by atoms with Crippen molar-refractivity contribution in [2.45, 2.75) is 32.7 Å². The van der Waals surface area contributed by atoms with Gasteiger partial charge in [-0.3, -0.25) is 4.79 Å². The molecule has 1 atom stereocenters. The molecular formula is C22H29N5OS2. The van der Waals surface area contributed by atoms with Gasteiger partial charge in [0.25, 0.3) is 0 Å². The number of hydrogen-bond donors (Lipinski definition) is 1. The number of hydrogen-bond acceptors (Lipinski definition) is 7. The molecule has 0 spiro atoms. The molecule has 3 aromatic rings. The van der Waals surface area contributed by atoms with E-state index in [0.29, 0.717) is 6.54 Å². The summed E-state index contributed by atoms with van der Waals surface area (Å²) in [6.07, 6.45) is 3.37. The van der Waals surface area contributed by atoms with Gasteiger partial charge in [0.2, 0.25) is 5.91 Å². The highest BCUT2D eigenvalue weighted by atomic mass is 32.1. The Balaban J connectivity index is 1.37. The zero-order valence-electron chi connectivity index (χ0n) is 18.0. The van der Waals surface area contributed by atoms with Crippen molar-refractivity contribution in [3.8, 4) is 0 Å². The third kappa shape index (κ3) is 4.22. The summed E-state index contributed by atoms with van der Waals surface area (Å²) in [5, 5.41) is 6.46. The standard InChI is InChI=1S/C22H29N5OS2/c1-14-15(2)30-22-19(14)20(24-13-25-22)27-9-7-16(8-10-27)21(28)23-12-17(26(3)4)18-6-5-11-29-18/h5-6,11,13,16-17H,7-10,12H2,1-4H3,(H,23,28). The Hall–Kier alpha value is -2.03. The molecule has 0 aliphatic carbocycles. The Bertz CT molecular complexity index is 1010. The van der Waals surface area contributed by atoms with Gasteiger partial charge >= 0.3 is 0 Å². The van der Waals surface area contributed by atoms with E-state index < -0.39 is 0 Å². The average Bonchev–Trinajstić information content (AvgIpc) is 3.36. The number of amides is 1. The average molecular weight is 444 g/mol. The van der Waals surface area contributed by atoms with Gasteiger partial charge in [0.05, 0.1) is 11.4 Å². The molecule has 1 saturated heterocycles. The molecule has 4 heterocycles. The Morgan fingerprint density at radius 1 is 1.30 bits per heavy atom. The Labute approximate surface area is 185 Å². The fourth-order valence-corrected chi connectivity index (χ4v) is 6.03. The number of piperidine rings is 1. The summed E-state index contributed by atoms with van der Waals surface area (Å²) >= 11 is 3.47. The maximum Gasteiger partial charge on any atom is 0.223 e. The van der Waals surface area contributed by atoms with E-state index in [9.17, 15) is 4.79 Å². The van der Waals surface area contributed by atoms with E-state index in [4.69, 9.17) is 0 Å². The minimum atomic E-state index is 0.0648. The second-order valence-electron chi connectivity index (χ2n) is 8.16. The van der Waals surface area contributed by atoms with Crippen molar-refractivity contribution in [2.75, 3.05) is 38.6 Å². The van der Waals surface area contributed by atoms with Crippen molar-refractivity contribution in [3.05, 3.63) is 39.2 Å². The molecule has 6 nitrogen and oxygen atoms in total. The number of aryl methyl sites for hydroxylation is 2. The normalized spacial score (nSPS) is 16.4. The van der Waals surface area contributed by atoms with Gasteiger partial charge in [0.1, 0.15) is 17.0 Å². The molecule has 0 saturated carbocycles. The first-order valence-corrected chi connectivity index (χ1v) is 12.1. The van der Waals surface area contributed by atoms with Gasteiger partial charge < -0.3 is 15.1 Å². The van der Waals surface area contributed by atoms with Gasteiger partial charge in [-0.2, -0.15) is 0 Å². The van der Waals surface area contributed by atoms with E-state index in [1.165, 1.54) is 20.7 Å². The first kappa shape index (κ1) is 21.2. The van der Waals surface area contributed by atoms with Crippen LogP contribution in [0.1, 0.15) is 34.2 Å². The van der Waals surface area contributed by atoms with Gasteiger partial charge in [-0.05, 0) is 57.8 Å². The molecule has 0 radical (unpaired) electrons. The number of rotatable bonds is 6. The maximum absolute atomic E-state index is 12.8. The van der Waals surface area contributed by atoms with Crippen LogP contribution in [0.5, 0.6) is 0 Å². The highest BCUT2D eigenvalue weighted by Gasteiger charge is 2.28. The predicted octanol–water partition coefficient (Wildman–Crippen LogP) is 4.01. The summed E-state index contributed by atoms with van der Waals surface area (Å²) in [6.45, 7) is 6.63. The molecule has 1 aliphatic heterocycles. The summed E-state index contributed by atoms with van der Waals surface area (Å²) in [4.78, 5) is 30.0. The van der Waals surface area contributed by atoms with Crippen molar-refractivity contribution in [1.29, 1.82) is 0 Å². The van der Waals surface area contributed by atoms with E-state index in [1.807, 2.05) is 0 Å². The zero-order chi connectivity index (χ0) is 21.3. The molecule has 1 aliphatic rings. The monoisotopic (exact) mass is 443 g/mol. The van der Waals surface area contributed by atoms with Crippen molar-refractivity contribution >= 4 is 44.6 Å². The number of nitrogens with one attached hydrogen (secondary N) is 1. The molecular weight excluding hydrogens is 414 g/mol. The minimum Gasteiger partial charge on any atom is -0.356 e. The molecule has 1 unspecified atom stereocenters. The second kappa shape index (κ2) is 8.99. The summed E-state index contributed by atoms with van der Waals surface area (Å²) < 4.78 is 0. The van der Waals surface area contributed by atoms with Crippen LogP contribution in [-0.2, 0) is 4.79 Å². The number of nitrogens with zero attached hydrogens (tertiary/aromatic N) is 4. The minimum absolute atomic E-state index is 0.0648. The lowest BCUT2D eigenvalue weighted by Gasteiger charge is -2.33. The molecule has 30 heavy (non-hydrogen) atoms. The molecule has 0 bridgehead atoms. The number of carbonyl (C=O) groups excluding carboxylic acids is 1. The largest absolute Gasteiger partial charge is 0.356 e. The van der Waals surface area contributed by atoms with Crippen LogP contribution in [0.4, 0.5) is 5.82 Å². The lowest BCUT2D eigenvalue weighted by Crippen LogP contribution is -2.43. The van der Waals surface area contributed by atoms with Gasteiger partial charge in [0, 0.05) is 35.3 Å². The van der Waals surface area contributed by atoms with E-state index in [-0.39, 0.29) is 17.9 Å². The van der Waals surface area contributed by atoms with Crippen LogP contribution in [0.2, 0.25) is 0 Å². The first-order chi connectivity index (χ1) is 14.5. The number of anilines is 1. The molecule has 0 aromatic carbocycles. The molecule has 8 heteroatoms. The first-order valence-electron chi connectivity index (χ1n) is 10.4. The topological polar surface area (TPSA) is 61.4 Å². The van der Waals surface area contributed by atoms with Crippen LogP contribution in [-0.4, -0.2) is 54.5 Å². The maximum atomic E-state index is 12.8. The van der Waals surface area contributed by atoms with Crippen LogP contribution in [0.3, 0.4) is 0 Å². The third-order valence-electron chi connectivity index (χ3n) is 6.08. The van der Waals surface area contributed by atoms with E-state index in [2.05, 4.69) is 70.5 Å². The molecule has 1 N–H and O–H groups in total. The van der Waals surface area contributed by atoms with Crippen molar-refractivity contribution in [2.24, 2.45) is 5.92 Å². The zero-order valence-corrected chi connectivity index (χ0v) is 19.6. The van der Waals surface area contributed by atoms with Crippen LogP contribution < -0.4 is 10.2 Å². The Morgan fingerprint density at radius 3 is 2.73 bits per heavy atom. The smallest absolute Gasteiger partial charge is 0.223 e. The van der Waals surface area contributed by atoms with E-state index in [1.54, 1.807) is 29.0 Å². The molecule has 1 amide bonds. The number of aromatic nitrogens is 2. The fraction of sp³-hybridized carbons (Fsp3) is 0.500. The van der Waals surface area contributed by atoms with Gasteiger partial charge in [0.15, 0.2) is 0 Å². The molecule has 4 rings (SSSR count). The van der Waals surface area contributed by atoms with Crippen molar-refractivity contribution in [3.63, 3.8) is 0 Å². The lowest BCUT2D eigenvalue weighted by molar-refractivity contribution is -0.125. The summed E-state index contributed by atoms with van der Waals surface area (Å²) in [7, 11) is 4.12. The molecule has 1 fully saturated rings. The Kier molecular flexibility index (Phi) is 6.36. The number of fused-ring (bicyclic) bond motifs is 1. The summed E-state index contributed by atoms with van der Waals surface area (Å²) in [5.74, 6) is 1.26. The van der Waals surface area contributed by atoms with Crippen LogP contribution >= 0.6 is 22.7 Å². The molecule has 3 aromatic heterocycles. The number of thiophene rings is 2. The predicted molar refractivity (Wildman–Crippen MR) is 126 cm³/mol. The summed E-state index contributed by atoms with van der Waals surface area (Å²) in [6, 6.07) is 4.42. The quantitative estimate of drug-likeness (QED) is 0.624. The second-order valence-corrected chi connectivity index (χ2v) is 10.3. The number of likely N-dealkylation sites (N-methyl/N-ethyl adjacent to an activating group) is 1. The van der Waals surface area contributed by atoms with E-state index >= 15 is 0 Å². The van der Waals surface area contributed by atoms with Gasteiger partial charge in [-0.15, -0.1) is 22.7 Å². The van der Waals surface area contributed by atoms with E-state index in [0.717, 1.165) is 36.6 Å². The van der Waals surface area contributed by atoms with Gasteiger partial charge in [-0.1, -0.05) is 6.07 Å². The van der Waals surface area contributed by atoms with Gasteiger partial charge in [-0.25, -0.2) is 9.97 Å². The highest BCUT2D eigenvalue weighted by molar-refractivity contribution is 7.18. The van der Waals surface area contributed by atoms with Crippen LogP contribution in [0.15, 0.2) is 23.8 Å². The fourth-order valence-electron chi connectivity index (χ4n) is 4.12. The summed E-state index contributed by atoms with van der Waals surface area (Å²) in [5.41, 5.74) is 1.27.